The van der Waals surface area contributed by atoms with Gasteiger partial charge in [-0.25, -0.2) is 15.0 Å². The number of hydrogen-bond donors (Lipinski definition) is 1. The smallest absolute Gasteiger partial charge is 0.163 e. The summed E-state index contributed by atoms with van der Waals surface area (Å²) in [5.74, 6) is 0.255. The van der Waals surface area contributed by atoms with Crippen LogP contribution in [0.2, 0.25) is 0 Å². The summed E-state index contributed by atoms with van der Waals surface area (Å²) in [6.07, 6.45) is 4.98. The van der Waals surface area contributed by atoms with Gasteiger partial charge in [-0.3, -0.25) is 0 Å². The second kappa shape index (κ2) is 4.57. The molecule has 1 N–H and O–H groups in total. The normalized spacial score (nSPS) is 13.2. The lowest BCUT2D eigenvalue weighted by atomic mass is 9.98. The Balaban J connectivity index is 2.50. The predicted molar refractivity (Wildman–Crippen MR) is 61.0 cm³/mol. The van der Waals surface area contributed by atoms with Crippen molar-refractivity contribution in [3.8, 4) is 0 Å². The van der Waals surface area contributed by atoms with Crippen molar-refractivity contribution in [1.29, 1.82) is 0 Å². The molecule has 0 saturated carbocycles. The highest BCUT2D eigenvalue weighted by Crippen LogP contribution is 2.25. The molecule has 0 spiro atoms. The maximum atomic E-state index is 9.04. The van der Waals surface area contributed by atoms with Gasteiger partial charge in [0.25, 0.3) is 0 Å². The third-order valence-corrected chi connectivity index (χ3v) is 2.88. The Kier molecular flexibility index (Phi) is 3.14. The van der Waals surface area contributed by atoms with E-state index in [2.05, 4.69) is 21.9 Å². The summed E-state index contributed by atoms with van der Waals surface area (Å²) in [5, 5.41) is 9.04. The van der Waals surface area contributed by atoms with E-state index in [0.717, 1.165) is 29.7 Å². The second-order valence-corrected chi connectivity index (χ2v) is 3.90. The first-order chi connectivity index (χ1) is 7.77. The third-order valence-electron chi connectivity index (χ3n) is 2.88. The fraction of sp³-hybridized carbons (Fsp3) is 0.545. The minimum atomic E-state index is 0.177. The van der Waals surface area contributed by atoms with Crippen LogP contribution < -0.4 is 0 Å². The standard InChI is InChI=1S/C11H16N4O/c1-3-8(4-5-16)9-10-11(13-6-12-9)15(2)7-14-10/h6-8,16H,3-5H2,1-2H3. The van der Waals surface area contributed by atoms with Gasteiger partial charge >= 0.3 is 0 Å². The summed E-state index contributed by atoms with van der Waals surface area (Å²) in [5.41, 5.74) is 2.65. The van der Waals surface area contributed by atoms with Crippen LogP contribution in [-0.2, 0) is 7.05 Å². The van der Waals surface area contributed by atoms with Gasteiger partial charge in [0.15, 0.2) is 5.65 Å². The van der Waals surface area contributed by atoms with Crippen molar-refractivity contribution in [3.63, 3.8) is 0 Å². The van der Waals surface area contributed by atoms with Gasteiger partial charge in [0.2, 0.25) is 0 Å². The van der Waals surface area contributed by atoms with Gasteiger partial charge in [0, 0.05) is 19.6 Å². The number of hydrogen-bond acceptors (Lipinski definition) is 4. The van der Waals surface area contributed by atoms with E-state index in [1.54, 1.807) is 12.7 Å². The molecule has 0 aliphatic rings. The average Bonchev–Trinajstić information content (AvgIpc) is 2.68. The van der Waals surface area contributed by atoms with Gasteiger partial charge in [-0.2, -0.15) is 0 Å². The van der Waals surface area contributed by atoms with E-state index >= 15 is 0 Å². The molecular formula is C11H16N4O. The largest absolute Gasteiger partial charge is 0.396 e. The summed E-state index contributed by atoms with van der Waals surface area (Å²) in [6.45, 7) is 2.27. The van der Waals surface area contributed by atoms with Gasteiger partial charge < -0.3 is 9.67 Å². The Morgan fingerprint density at radius 3 is 2.88 bits per heavy atom. The molecule has 2 heterocycles. The summed E-state index contributed by atoms with van der Waals surface area (Å²) in [4.78, 5) is 12.8. The van der Waals surface area contributed by atoms with Crippen LogP contribution in [0.3, 0.4) is 0 Å². The Labute approximate surface area is 94.2 Å². The molecular weight excluding hydrogens is 204 g/mol. The molecule has 0 radical (unpaired) electrons. The zero-order valence-corrected chi connectivity index (χ0v) is 9.59. The van der Waals surface area contributed by atoms with E-state index in [4.69, 9.17) is 5.11 Å². The number of aryl methyl sites for hydroxylation is 1. The minimum absolute atomic E-state index is 0.177. The van der Waals surface area contributed by atoms with Crippen LogP contribution in [0.25, 0.3) is 11.2 Å². The summed E-state index contributed by atoms with van der Waals surface area (Å²) >= 11 is 0. The predicted octanol–water partition coefficient (Wildman–Crippen LogP) is 1.24. The highest BCUT2D eigenvalue weighted by molar-refractivity contribution is 5.73. The third kappa shape index (κ3) is 1.78. The molecule has 2 rings (SSSR count). The zero-order chi connectivity index (χ0) is 11.5. The number of rotatable bonds is 4. The molecule has 2 aromatic heterocycles. The van der Waals surface area contributed by atoms with Crippen molar-refractivity contribution in [3.05, 3.63) is 18.3 Å². The highest BCUT2D eigenvalue weighted by Gasteiger charge is 2.16. The van der Waals surface area contributed by atoms with Crippen molar-refractivity contribution < 1.29 is 5.11 Å². The minimum Gasteiger partial charge on any atom is -0.396 e. The van der Waals surface area contributed by atoms with Crippen LogP contribution in [0, 0.1) is 0 Å². The lowest BCUT2D eigenvalue weighted by molar-refractivity contribution is 0.273. The monoisotopic (exact) mass is 220 g/mol. The molecule has 16 heavy (non-hydrogen) atoms. The van der Waals surface area contributed by atoms with Gasteiger partial charge in [0.1, 0.15) is 11.8 Å². The molecule has 2 aromatic rings. The second-order valence-electron chi connectivity index (χ2n) is 3.90. The Morgan fingerprint density at radius 1 is 1.38 bits per heavy atom. The average molecular weight is 220 g/mol. The lowest BCUT2D eigenvalue weighted by Gasteiger charge is -2.12. The van der Waals surface area contributed by atoms with Crippen LogP contribution in [0.15, 0.2) is 12.7 Å². The van der Waals surface area contributed by atoms with Crippen molar-refractivity contribution in [1.82, 2.24) is 19.5 Å². The van der Waals surface area contributed by atoms with Crippen molar-refractivity contribution in [2.24, 2.45) is 7.05 Å². The first-order valence-corrected chi connectivity index (χ1v) is 5.50. The van der Waals surface area contributed by atoms with E-state index in [1.807, 2.05) is 11.6 Å². The van der Waals surface area contributed by atoms with Gasteiger partial charge in [0.05, 0.1) is 12.0 Å². The molecule has 0 saturated heterocycles. The van der Waals surface area contributed by atoms with E-state index in [0.29, 0.717) is 0 Å². The molecule has 86 valence electrons. The first kappa shape index (κ1) is 11.0. The number of imidazole rings is 1. The first-order valence-electron chi connectivity index (χ1n) is 5.50. The van der Waals surface area contributed by atoms with Gasteiger partial charge in [-0.15, -0.1) is 0 Å². The Bertz CT molecular complexity index is 480. The molecule has 1 unspecified atom stereocenters. The van der Waals surface area contributed by atoms with Crippen LogP contribution >= 0.6 is 0 Å². The van der Waals surface area contributed by atoms with Gasteiger partial charge in [-0.05, 0) is 12.8 Å². The lowest BCUT2D eigenvalue weighted by Crippen LogP contribution is -2.05. The Hall–Kier alpha value is -1.49. The fourth-order valence-electron chi connectivity index (χ4n) is 1.95. The van der Waals surface area contributed by atoms with Crippen molar-refractivity contribution >= 4 is 11.2 Å². The van der Waals surface area contributed by atoms with Crippen LogP contribution in [0.5, 0.6) is 0 Å². The molecule has 0 bridgehead atoms. The van der Waals surface area contributed by atoms with Crippen LogP contribution in [0.4, 0.5) is 0 Å². The molecule has 5 heteroatoms. The van der Waals surface area contributed by atoms with E-state index in [9.17, 15) is 0 Å². The number of fused-ring (bicyclic) bond motifs is 1. The number of aliphatic hydroxyl groups excluding tert-OH is 1. The summed E-state index contributed by atoms with van der Waals surface area (Å²) in [7, 11) is 1.92. The zero-order valence-electron chi connectivity index (χ0n) is 9.59. The number of aliphatic hydroxyl groups is 1. The molecule has 0 fully saturated rings. The molecule has 1 atom stereocenters. The highest BCUT2D eigenvalue weighted by atomic mass is 16.3. The molecule has 0 aromatic carbocycles. The fourth-order valence-corrected chi connectivity index (χ4v) is 1.95. The molecule has 5 nitrogen and oxygen atoms in total. The maximum Gasteiger partial charge on any atom is 0.163 e. The number of aromatic nitrogens is 4. The SMILES string of the molecule is CCC(CCO)c1ncnc2c1ncn2C. The van der Waals surface area contributed by atoms with Crippen LogP contribution in [-0.4, -0.2) is 31.2 Å². The van der Waals surface area contributed by atoms with Crippen LogP contribution in [0.1, 0.15) is 31.4 Å². The molecule has 0 amide bonds. The maximum absolute atomic E-state index is 9.04. The Morgan fingerprint density at radius 2 is 2.19 bits per heavy atom. The van der Waals surface area contributed by atoms with Gasteiger partial charge in [-0.1, -0.05) is 6.92 Å². The van der Waals surface area contributed by atoms with E-state index in [-0.39, 0.29) is 12.5 Å². The number of nitrogens with zero attached hydrogens (tertiary/aromatic N) is 4. The van der Waals surface area contributed by atoms with E-state index in [1.165, 1.54) is 0 Å². The summed E-state index contributed by atoms with van der Waals surface area (Å²) < 4.78 is 1.88. The summed E-state index contributed by atoms with van der Waals surface area (Å²) in [6, 6.07) is 0. The van der Waals surface area contributed by atoms with E-state index < -0.39 is 0 Å². The van der Waals surface area contributed by atoms with Crippen molar-refractivity contribution in [2.75, 3.05) is 6.61 Å². The quantitative estimate of drug-likeness (QED) is 0.842. The topological polar surface area (TPSA) is 63.8 Å². The van der Waals surface area contributed by atoms with Crippen molar-refractivity contribution in [2.45, 2.75) is 25.7 Å². The molecule has 0 aliphatic heterocycles. The molecule has 0 aliphatic carbocycles.